The molecular formula is C17H17N3O3S. The number of rotatable bonds is 7. The highest BCUT2D eigenvalue weighted by Gasteiger charge is 2.12. The third kappa shape index (κ3) is 5.83. The van der Waals surface area contributed by atoms with Crippen molar-refractivity contribution in [2.75, 3.05) is 17.6 Å². The predicted octanol–water partition coefficient (Wildman–Crippen LogP) is 1.66. The van der Waals surface area contributed by atoms with Gasteiger partial charge >= 0.3 is 0 Å². The molecule has 0 aliphatic rings. The number of nitriles is 1. The van der Waals surface area contributed by atoms with Crippen LogP contribution in [0.1, 0.15) is 11.1 Å². The van der Waals surface area contributed by atoms with E-state index in [1.54, 1.807) is 18.2 Å². The van der Waals surface area contributed by atoms with Gasteiger partial charge < -0.3 is 5.32 Å². The number of amides is 1. The average Bonchev–Trinajstić information content (AvgIpc) is 2.60. The summed E-state index contributed by atoms with van der Waals surface area (Å²) in [4.78, 5) is 11.8. The minimum atomic E-state index is -3.54. The Morgan fingerprint density at radius 2 is 1.83 bits per heavy atom. The number of hydrogen-bond donors (Lipinski definition) is 2. The Balaban J connectivity index is 1.82. The number of benzene rings is 2. The van der Waals surface area contributed by atoms with Crippen molar-refractivity contribution in [2.24, 2.45) is 0 Å². The molecule has 0 saturated carbocycles. The first-order chi connectivity index (χ1) is 11.5. The van der Waals surface area contributed by atoms with Crippen molar-refractivity contribution in [3.05, 3.63) is 65.7 Å². The Morgan fingerprint density at radius 3 is 2.54 bits per heavy atom. The molecule has 0 atom stereocenters. The number of anilines is 1. The molecule has 2 rings (SSSR count). The van der Waals surface area contributed by atoms with Crippen molar-refractivity contribution < 1.29 is 13.2 Å². The molecular weight excluding hydrogens is 326 g/mol. The minimum Gasteiger partial charge on any atom is -0.325 e. The molecule has 0 aliphatic carbocycles. The van der Waals surface area contributed by atoms with Crippen LogP contribution in [-0.4, -0.2) is 26.6 Å². The smallest absolute Gasteiger partial charge is 0.239 e. The Bertz CT molecular complexity index is 843. The minimum absolute atomic E-state index is 0.0891. The normalized spacial score (nSPS) is 10.8. The molecule has 1 amide bonds. The van der Waals surface area contributed by atoms with Crippen molar-refractivity contribution in [2.45, 2.75) is 6.42 Å². The van der Waals surface area contributed by atoms with Crippen LogP contribution in [0.25, 0.3) is 0 Å². The van der Waals surface area contributed by atoms with E-state index in [0.29, 0.717) is 17.7 Å². The lowest BCUT2D eigenvalue weighted by Crippen LogP contribution is -2.34. The van der Waals surface area contributed by atoms with E-state index in [-0.39, 0.29) is 12.3 Å². The summed E-state index contributed by atoms with van der Waals surface area (Å²) in [5.41, 5.74) is 1.78. The lowest BCUT2D eigenvalue weighted by molar-refractivity contribution is -0.115. The summed E-state index contributed by atoms with van der Waals surface area (Å²) < 4.78 is 26.1. The fourth-order valence-electron chi connectivity index (χ4n) is 2.02. The zero-order valence-corrected chi connectivity index (χ0v) is 13.7. The number of nitrogens with one attached hydrogen (secondary N) is 2. The van der Waals surface area contributed by atoms with Gasteiger partial charge in [-0.1, -0.05) is 36.4 Å². The molecule has 2 N–H and O–H groups in total. The predicted molar refractivity (Wildman–Crippen MR) is 91.7 cm³/mol. The number of carbonyl (C=O) groups is 1. The van der Waals surface area contributed by atoms with Gasteiger partial charge in [0.25, 0.3) is 0 Å². The number of sulfonamides is 1. The number of carbonyl (C=O) groups excluding carboxylic acids is 1. The second-order valence-electron chi connectivity index (χ2n) is 5.12. The second kappa shape index (κ2) is 8.24. The molecule has 7 heteroatoms. The van der Waals surface area contributed by atoms with Gasteiger partial charge in [0.1, 0.15) is 0 Å². The second-order valence-corrected chi connectivity index (χ2v) is 7.04. The molecule has 0 radical (unpaired) electrons. The van der Waals surface area contributed by atoms with Gasteiger partial charge in [-0.3, -0.25) is 4.79 Å². The maximum Gasteiger partial charge on any atom is 0.239 e. The van der Waals surface area contributed by atoms with Gasteiger partial charge in [0.05, 0.1) is 23.9 Å². The summed E-state index contributed by atoms with van der Waals surface area (Å²) >= 11 is 0. The highest BCUT2D eigenvalue weighted by molar-refractivity contribution is 7.89. The molecule has 0 unspecified atom stereocenters. The van der Waals surface area contributed by atoms with E-state index in [9.17, 15) is 13.2 Å². The van der Waals surface area contributed by atoms with Crippen LogP contribution in [0, 0.1) is 11.3 Å². The van der Waals surface area contributed by atoms with Crippen LogP contribution in [0.4, 0.5) is 5.69 Å². The quantitative estimate of drug-likeness (QED) is 0.798. The molecule has 2 aromatic carbocycles. The van der Waals surface area contributed by atoms with E-state index >= 15 is 0 Å². The Labute approximate surface area is 141 Å². The highest BCUT2D eigenvalue weighted by atomic mass is 32.2. The van der Waals surface area contributed by atoms with Crippen LogP contribution < -0.4 is 10.0 Å². The lowest BCUT2D eigenvalue weighted by Gasteiger charge is -2.08. The third-order valence-corrected chi connectivity index (χ3v) is 4.56. The van der Waals surface area contributed by atoms with E-state index in [0.717, 1.165) is 5.56 Å². The zero-order valence-electron chi connectivity index (χ0n) is 12.9. The summed E-state index contributed by atoms with van der Waals surface area (Å²) in [5, 5.41) is 11.4. The Kier molecular flexibility index (Phi) is 6.07. The zero-order chi connectivity index (χ0) is 17.4. The summed E-state index contributed by atoms with van der Waals surface area (Å²) in [6.45, 7) is -0.353. The lowest BCUT2D eigenvalue weighted by atomic mass is 10.2. The van der Waals surface area contributed by atoms with Crippen LogP contribution in [0.5, 0.6) is 0 Å². The van der Waals surface area contributed by atoms with Crippen LogP contribution in [0.3, 0.4) is 0 Å². The van der Waals surface area contributed by atoms with Gasteiger partial charge in [0.15, 0.2) is 0 Å². The van der Waals surface area contributed by atoms with Crippen molar-refractivity contribution in [1.29, 1.82) is 5.26 Å². The van der Waals surface area contributed by atoms with Gasteiger partial charge in [0.2, 0.25) is 15.9 Å². The molecule has 24 heavy (non-hydrogen) atoms. The maximum atomic E-state index is 11.9. The first kappa shape index (κ1) is 17.7. The number of aryl methyl sites for hydroxylation is 1. The monoisotopic (exact) mass is 343 g/mol. The third-order valence-electron chi connectivity index (χ3n) is 3.23. The highest BCUT2D eigenvalue weighted by Crippen LogP contribution is 2.09. The number of nitrogens with zero attached hydrogens (tertiary/aromatic N) is 1. The molecule has 0 heterocycles. The van der Waals surface area contributed by atoms with Crippen molar-refractivity contribution in [3.8, 4) is 6.07 Å². The van der Waals surface area contributed by atoms with Gasteiger partial charge in [-0.2, -0.15) is 5.26 Å². The maximum absolute atomic E-state index is 11.9. The average molecular weight is 343 g/mol. The van der Waals surface area contributed by atoms with E-state index < -0.39 is 15.9 Å². The molecule has 0 saturated heterocycles. The first-order valence-electron chi connectivity index (χ1n) is 7.30. The van der Waals surface area contributed by atoms with Gasteiger partial charge in [0, 0.05) is 5.69 Å². The Morgan fingerprint density at radius 1 is 1.08 bits per heavy atom. The number of hydrogen-bond acceptors (Lipinski definition) is 4. The van der Waals surface area contributed by atoms with Crippen LogP contribution >= 0.6 is 0 Å². The SMILES string of the molecule is N#Cc1cccc(NC(=O)CNS(=O)(=O)CCc2ccccc2)c1. The molecule has 0 aliphatic heterocycles. The van der Waals surface area contributed by atoms with Crippen molar-refractivity contribution >= 4 is 21.6 Å². The van der Waals surface area contributed by atoms with E-state index in [1.807, 2.05) is 36.4 Å². The van der Waals surface area contributed by atoms with Gasteiger partial charge in [-0.05, 0) is 30.2 Å². The molecule has 0 aromatic heterocycles. The largest absolute Gasteiger partial charge is 0.325 e. The van der Waals surface area contributed by atoms with Gasteiger partial charge in [-0.15, -0.1) is 0 Å². The topological polar surface area (TPSA) is 99.1 Å². The molecule has 124 valence electrons. The van der Waals surface area contributed by atoms with Crippen LogP contribution in [0.2, 0.25) is 0 Å². The summed E-state index contributed by atoms with van der Waals surface area (Å²) in [7, 11) is -3.54. The van der Waals surface area contributed by atoms with Crippen LogP contribution in [-0.2, 0) is 21.2 Å². The van der Waals surface area contributed by atoms with Crippen molar-refractivity contribution in [1.82, 2.24) is 4.72 Å². The molecule has 0 bridgehead atoms. The Hall–Kier alpha value is -2.69. The van der Waals surface area contributed by atoms with Crippen LogP contribution in [0.15, 0.2) is 54.6 Å². The van der Waals surface area contributed by atoms with Gasteiger partial charge in [-0.25, -0.2) is 13.1 Å². The molecule has 0 fully saturated rings. The van der Waals surface area contributed by atoms with E-state index in [1.165, 1.54) is 6.07 Å². The fourth-order valence-corrected chi connectivity index (χ4v) is 3.02. The summed E-state index contributed by atoms with van der Waals surface area (Å²) in [5.74, 6) is -0.581. The standard InChI is InChI=1S/C17H17N3O3S/c18-12-15-7-4-8-16(11-15)20-17(21)13-19-24(22,23)10-9-14-5-2-1-3-6-14/h1-8,11,19H,9-10,13H2,(H,20,21). The van der Waals surface area contributed by atoms with E-state index in [2.05, 4.69) is 10.0 Å². The summed E-state index contributed by atoms with van der Waals surface area (Å²) in [6.07, 6.45) is 0.377. The fraction of sp³-hybridized carbons (Fsp3) is 0.176. The molecule has 2 aromatic rings. The van der Waals surface area contributed by atoms with E-state index in [4.69, 9.17) is 5.26 Å². The molecule has 6 nitrogen and oxygen atoms in total. The first-order valence-corrected chi connectivity index (χ1v) is 8.95. The van der Waals surface area contributed by atoms with Crippen molar-refractivity contribution in [3.63, 3.8) is 0 Å². The molecule has 0 spiro atoms. The summed E-state index contributed by atoms with van der Waals surface area (Å²) in [6, 6.07) is 17.6.